The third-order valence-corrected chi connectivity index (χ3v) is 4.41. The van der Waals surface area contributed by atoms with Crippen LogP contribution in [0.1, 0.15) is 26.3 Å². The maximum absolute atomic E-state index is 12.6. The van der Waals surface area contributed by atoms with Crippen LogP contribution < -0.4 is 24.4 Å². The fourth-order valence-electron chi connectivity index (χ4n) is 2.81. The van der Waals surface area contributed by atoms with Gasteiger partial charge in [0.15, 0.2) is 11.5 Å². The minimum atomic E-state index is -0.583. The van der Waals surface area contributed by atoms with Gasteiger partial charge in [0.1, 0.15) is 5.75 Å². The molecule has 0 aliphatic carbocycles. The summed E-state index contributed by atoms with van der Waals surface area (Å²) in [7, 11) is 4.42. The van der Waals surface area contributed by atoms with E-state index >= 15 is 0 Å². The molecule has 0 aliphatic rings. The van der Waals surface area contributed by atoms with Crippen LogP contribution in [-0.4, -0.2) is 39.4 Å². The van der Waals surface area contributed by atoms with E-state index in [1.807, 2.05) is 6.07 Å². The van der Waals surface area contributed by atoms with E-state index in [9.17, 15) is 9.59 Å². The summed E-state index contributed by atoms with van der Waals surface area (Å²) in [5, 5.41) is 3.94. The van der Waals surface area contributed by atoms with E-state index in [-0.39, 0.29) is 11.5 Å². The molecule has 0 aromatic heterocycles. The molecule has 0 unspecified atom stereocenters. The molecule has 3 rings (SSSR count). The maximum atomic E-state index is 12.6. The molecule has 0 atom stereocenters. The molecule has 3 aromatic carbocycles. The van der Waals surface area contributed by atoms with Crippen molar-refractivity contribution in [1.29, 1.82) is 0 Å². The summed E-state index contributed by atoms with van der Waals surface area (Å²) in [6.07, 6.45) is 1.49. The molecule has 3 aromatic rings. The van der Waals surface area contributed by atoms with Crippen molar-refractivity contribution in [2.75, 3.05) is 21.3 Å². The number of nitrogens with zero attached hydrogens (tertiary/aromatic N) is 1. The van der Waals surface area contributed by atoms with Gasteiger partial charge in [0.25, 0.3) is 5.91 Å². The lowest BCUT2D eigenvalue weighted by Gasteiger charge is -2.13. The molecule has 32 heavy (non-hydrogen) atoms. The van der Waals surface area contributed by atoms with Crippen LogP contribution in [0.2, 0.25) is 0 Å². The van der Waals surface area contributed by atoms with Crippen molar-refractivity contribution in [3.05, 3.63) is 83.4 Å². The molecule has 0 spiro atoms. The van der Waals surface area contributed by atoms with Gasteiger partial charge < -0.3 is 18.9 Å². The molecule has 0 saturated heterocycles. The van der Waals surface area contributed by atoms with Crippen LogP contribution in [0, 0.1) is 0 Å². The van der Waals surface area contributed by atoms with Gasteiger partial charge in [0, 0.05) is 5.56 Å². The SMILES string of the molecule is COc1cc(C(=O)Oc2ccc(/C=N\NC(=O)c3ccccc3)cc2)cc(OC)c1OC. The average Bonchev–Trinajstić information content (AvgIpc) is 2.84. The predicted octanol–water partition coefficient (Wildman–Crippen LogP) is 3.70. The summed E-state index contributed by atoms with van der Waals surface area (Å²) in [4.78, 5) is 24.5. The van der Waals surface area contributed by atoms with Crippen molar-refractivity contribution in [3.8, 4) is 23.0 Å². The summed E-state index contributed by atoms with van der Waals surface area (Å²) < 4.78 is 21.2. The minimum Gasteiger partial charge on any atom is -0.493 e. The van der Waals surface area contributed by atoms with E-state index in [1.54, 1.807) is 48.5 Å². The zero-order valence-electron chi connectivity index (χ0n) is 17.8. The van der Waals surface area contributed by atoms with Gasteiger partial charge in [-0.05, 0) is 54.1 Å². The standard InChI is InChI=1S/C24H22N2O6/c1-29-20-13-18(14-21(30-2)22(20)31-3)24(28)32-19-11-9-16(10-12-19)15-25-26-23(27)17-7-5-4-6-8-17/h4-15H,1-3H3,(H,26,27)/b25-15-. The van der Waals surface area contributed by atoms with Crippen LogP contribution in [0.3, 0.4) is 0 Å². The molecular formula is C24H22N2O6. The third kappa shape index (κ3) is 5.42. The first-order chi connectivity index (χ1) is 15.5. The van der Waals surface area contributed by atoms with E-state index in [4.69, 9.17) is 18.9 Å². The lowest BCUT2D eigenvalue weighted by molar-refractivity contribution is 0.0733. The van der Waals surface area contributed by atoms with Gasteiger partial charge in [-0.25, -0.2) is 10.2 Å². The molecule has 0 bridgehead atoms. The molecule has 8 nitrogen and oxygen atoms in total. The van der Waals surface area contributed by atoms with Crippen LogP contribution in [-0.2, 0) is 0 Å². The Morgan fingerprint density at radius 2 is 1.44 bits per heavy atom. The van der Waals surface area contributed by atoms with E-state index in [0.717, 1.165) is 0 Å². The molecule has 164 valence electrons. The lowest BCUT2D eigenvalue weighted by atomic mass is 10.2. The summed E-state index contributed by atoms with van der Waals surface area (Å²) in [5.41, 5.74) is 3.93. The number of rotatable bonds is 8. The lowest BCUT2D eigenvalue weighted by Crippen LogP contribution is -2.17. The highest BCUT2D eigenvalue weighted by molar-refractivity contribution is 5.95. The van der Waals surface area contributed by atoms with Crippen LogP contribution in [0.25, 0.3) is 0 Å². The van der Waals surface area contributed by atoms with E-state index < -0.39 is 5.97 Å². The predicted molar refractivity (Wildman–Crippen MR) is 119 cm³/mol. The summed E-state index contributed by atoms with van der Waals surface area (Å²) in [6.45, 7) is 0. The van der Waals surface area contributed by atoms with Crippen molar-refractivity contribution in [2.24, 2.45) is 5.10 Å². The molecular weight excluding hydrogens is 412 g/mol. The smallest absolute Gasteiger partial charge is 0.343 e. The van der Waals surface area contributed by atoms with Crippen molar-refractivity contribution in [1.82, 2.24) is 5.43 Å². The van der Waals surface area contributed by atoms with E-state index in [0.29, 0.717) is 34.1 Å². The Kier molecular flexibility index (Phi) is 7.42. The molecule has 1 amide bonds. The van der Waals surface area contributed by atoms with Crippen LogP contribution in [0.15, 0.2) is 71.8 Å². The van der Waals surface area contributed by atoms with Gasteiger partial charge >= 0.3 is 5.97 Å². The fraction of sp³-hybridized carbons (Fsp3) is 0.125. The number of carbonyl (C=O) groups is 2. The van der Waals surface area contributed by atoms with Gasteiger partial charge in [-0.3, -0.25) is 4.79 Å². The second-order valence-electron chi connectivity index (χ2n) is 6.44. The molecule has 1 N–H and O–H groups in total. The topological polar surface area (TPSA) is 95.5 Å². The minimum absolute atomic E-state index is 0.244. The Bertz CT molecular complexity index is 1090. The first-order valence-electron chi connectivity index (χ1n) is 9.56. The van der Waals surface area contributed by atoms with Crippen molar-refractivity contribution >= 4 is 18.1 Å². The number of benzene rings is 3. The Morgan fingerprint density at radius 3 is 2.00 bits per heavy atom. The zero-order chi connectivity index (χ0) is 22.9. The van der Waals surface area contributed by atoms with Gasteiger partial charge in [-0.15, -0.1) is 0 Å². The van der Waals surface area contributed by atoms with E-state index in [2.05, 4.69) is 10.5 Å². The number of hydrogen-bond donors (Lipinski definition) is 1. The largest absolute Gasteiger partial charge is 0.493 e. The highest BCUT2D eigenvalue weighted by Crippen LogP contribution is 2.38. The number of hydrogen-bond acceptors (Lipinski definition) is 7. The van der Waals surface area contributed by atoms with Crippen LogP contribution in [0.4, 0.5) is 0 Å². The first kappa shape index (κ1) is 22.4. The molecule has 0 radical (unpaired) electrons. The van der Waals surface area contributed by atoms with Gasteiger partial charge in [-0.1, -0.05) is 18.2 Å². The number of carbonyl (C=O) groups excluding carboxylic acids is 2. The highest BCUT2D eigenvalue weighted by Gasteiger charge is 2.18. The van der Waals surface area contributed by atoms with Crippen LogP contribution in [0.5, 0.6) is 23.0 Å². The number of hydrazone groups is 1. The van der Waals surface area contributed by atoms with Crippen molar-refractivity contribution < 1.29 is 28.5 Å². The molecule has 0 heterocycles. The number of ether oxygens (including phenoxy) is 4. The maximum Gasteiger partial charge on any atom is 0.343 e. The number of esters is 1. The molecule has 0 fully saturated rings. The number of amides is 1. The zero-order valence-corrected chi connectivity index (χ0v) is 17.8. The second kappa shape index (κ2) is 10.6. The Balaban J connectivity index is 1.64. The Morgan fingerprint density at radius 1 is 0.812 bits per heavy atom. The highest BCUT2D eigenvalue weighted by atomic mass is 16.5. The van der Waals surface area contributed by atoms with Gasteiger partial charge in [0.2, 0.25) is 5.75 Å². The van der Waals surface area contributed by atoms with Gasteiger partial charge in [0.05, 0.1) is 33.1 Å². The summed E-state index contributed by atoms with van der Waals surface area (Å²) in [5.74, 6) is 0.535. The first-order valence-corrected chi connectivity index (χ1v) is 9.56. The van der Waals surface area contributed by atoms with Crippen molar-refractivity contribution in [2.45, 2.75) is 0 Å². The average molecular weight is 434 g/mol. The van der Waals surface area contributed by atoms with E-state index in [1.165, 1.54) is 39.7 Å². The van der Waals surface area contributed by atoms with Crippen molar-refractivity contribution in [3.63, 3.8) is 0 Å². The molecule has 8 heteroatoms. The summed E-state index contributed by atoms with van der Waals surface area (Å²) >= 11 is 0. The van der Waals surface area contributed by atoms with Gasteiger partial charge in [-0.2, -0.15) is 5.10 Å². The quantitative estimate of drug-likeness (QED) is 0.251. The normalized spacial score (nSPS) is 10.5. The monoisotopic (exact) mass is 434 g/mol. The van der Waals surface area contributed by atoms with Crippen LogP contribution >= 0.6 is 0 Å². The fourth-order valence-corrected chi connectivity index (χ4v) is 2.81. The second-order valence-corrected chi connectivity index (χ2v) is 6.44. The summed E-state index contributed by atoms with van der Waals surface area (Å²) in [6, 6.07) is 18.5. The Hall–Kier alpha value is -4.33. The Labute approximate surface area is 185 Å². The number of methoxy groups -OCH3 is 3. The third-order valence-electron chi connectivity index (χ3n) is 4.41. The number of nitrogens with one attached hydrogen (secondary N) is 1. The molecule has 0 aliphatic heterocycles. The molecule has 0 saturated carbocycles.